The van der Waals surface area contributed by atoms with Crippen LogP contribution < -0.4 is 5.32 Å². The molecule has 0 fully saturated rings. The van der Waals surface area contributed by atoms with Crippen LogP contribution in [0.25, 0.3) is 11.1 Å². The number of halogens is 3. The Balaban J connectivity index is 1.97. The minimum absolute atomic E-state index is 0.0619. The van der Waals surface area contributed by atoms with Crippen molar-refractivity contribution in [3.05, 3.63) is 94.5 Å². The Morgan fingerprint density at radius 1 is 1.03 bits per heavy atom. The van der Waals surface area contributed by atoms with Gasteiger partial charge < -0.3 is 15.3 Å². The summed E-state index contributed by atoms with van der Waals surface area (Å²) in [6.45, 7) is 5.96. The van der Waals surface area contributed by atoms with Crippen molar-refractivity contribution < 1.29 is 27.9 Å². The second-order valence-electron chi connectivity index (χ2n) is 8.72. The third-order valence-corrected chi connectivity index (χ3v) is 6.04. The van der Waals surface area contributed by atoms with E-state index < -0.39 is 23.6 Å². The van der Waals surface area contributed by atoms with Crippen LogP contribution in [0.15, 0.2) is 66.7 Å². The van der Waals surface area contributed by atoms with Gasteiger partial charge in [-0.25, -0.2) is 4.79 Å². The molecular weight excluding hydrogens is 469 g/mol. The molecule has 3 aromatic rings. The van der Waals surface area contributed by atoms with E-state index in [1.54, 1.807) is 17.0 Å². The average Bonchev–Trinajstić information content (AvgIpc) is 2.85. The van der Waals surface area contributed by atoms with Gasteiger partial charge in [0.15, 0.2) is 0 Å². The molecule has 0 radical (unpaired) electrons. The van der Waals surface area contributed by atoms with Gasteiger partial charge in [-0.3, -0.25) is 4.79 Å². The van der Waals surface area contributed by atoms with Gasteiger partial charge in [-0.05, 0) is 60.7 Å². The fourth-order valence-corrected chi connectivity index (χ4v) is 3.92. The molecule has 0 saturated heterocycles. The Labute approximate surface area is 208 Å². The lowest BCUT2D eigenvalue weighted by Gasteiger charge is -2.24. The van der Waals surface area contributed by atoms with Gasteiger partial charge in [-0.2, -0.15) is 13.2 Å². The fourth-order valence-electron chi connectivity index (χ4n) is 3.92. The van der Waals surface area contributed by atoms with Crippen LogP contribution in [0.2, 0.25) is 0 Å². The highest BCUT2D eigenvalue weighted by molar-refractivity contribution is 5.78. The quantitative estimate of drug-likeness (QED) is 0.368. The molecule has 5 nitrogen and oxygen atoms in total. The highest BCUT2D eigenvalue weighted by Gasteiger charge is 2.32. The zero-order valence-corrected chi connectivity index (χ0v) is 20.4. The van der Waals surface area contributed by atoms with Crippen molar-refractivity contribution in [2.45, 2.75) is 46.0 Å². The molecule has 190 valence electrons. The van der Waals surface area contributed by atoms with E-state index in [1.807, 2.05) is 50.2 Å². The number of carboxylic acids is 1. The van der Waals surface area contributed by atoms with Crippen molar-refractivity contribution in [1.29, 1.82) is 0 Å². The number of nitrogens with one attached hydrogen (secondary N) is 1. The summed E-state index contributed by atoms with van der Waals surface area (Å²) in [7, 11) is 0. The van der Waals surface area contributed by atoms with Gasteiger partial charge in [-0.15, -0.1) is 0 Å². The highest BCUT2D eigenvalue weighted by atomic mass is 19.4. The number of nitrogens with zero attached hydrogens (tertiary/aromatic N) is 1. The normalized spacial score (nSPS) is 12.2. The van der Waals surface area contributed by atoms with Crippen LogP contribution in [0.5, 0.6) is 0 Å². The number of aliphatic carboxylic acids is 1. The minimum Gasteiger partial charge on any atom is -0.481 e. The van der Waals surface area contributed by atoms with Gasteiger partial charge in [0.25, 0.3) is 0 Å². The number of urea groups is 1. The molecule has 0 unspecified atom stereocenters. The Morgan fingerprint density at radius 3 is 2.33 bits per heavy atom. The molecule has 0 aliphatic heterocycles. The van der Waals surface area contributed by atoms with E-state index >= 15 is 0 Å². The standard InChI is InChI=1S/C28H29F3N2O3/c1-4-33(27(36)32-16-20-8-6-5-7-9-20)17-23-12-18(2)10-11-25(23)22-13-21(19(3)26(34)35)14-24(15-22)28(29,30)31/h5-15,19H,4,16-17H2,1-3H3,(H,32,36)(H,34,35)/t19-/m1/s1. The number of carbonyl (C=O) groups is 2. The summed E-state index contributed by atoms with van der Waals surface area (Å²) in [5.74, 6) is -2.33. The molecule has 0 aliphatic carbocycles. The van der Waals surface area contributed by atoms with E-state index in [1.165, 1.54) is 13.0 Å². The van der Waals surface area contributed by atoms with E-state index in [0.29, 0.717) is 24.2 Å². The van der Waals surface area contributed by atoms with Crippen molar-refractivity contribution in [3.63, 3.8) is 0 Å². The van der Waals surface area contributed by atoms with Crippen LogP contribution in [0.1, 0.15) is 47.6 Å². The molecule has 2 N–H and O–H groups in total. The Morgan fingerprint density at radius 2 is 1.72 bits per heavy atom. The van der Waals surface area contributed by atoms with Gasteiger partial charge in [0.05, 0.1) is 11.5 Å². The molecule has 0 spiro atoms. The molecule has 0 aromatic heterocycles. The lowest BCUT2D eigenvalue weighted by atomic mass is 9.91. The van der Waals surface area contributed by atoms with Gasteiger partial charge >= 0.3 is 18.2 Å². The number of carboxylic acid groups (broad SMARTS) is 1. The topological polar surface area (TPSA) is 69.6 Å². The SMILES string of the molecule is CCN(Cc1cc(C)ccc1-c1cc([C@@H](C)C(=O)O)cc(C(F)(F)F)c1)C(=O)NCc1ccccc1. The lowest BCUT2D eigenvalue weighted by Crippen LogP contribution is -2.39. The van der Waals surface area contributed by atoms with Crippen molar-refractivity contribution in [2.75, 3.05) is 6.54 Å². The third-order valence-electron chi connectivity index (χ3n) is 6.04. The summed E-state index contributed by atoms with van der Waals surface area (Å²) in [6, 6.07) is 17.9. The molecule has 8 heteroatoms. The maximum atomic E-state index is 13.7. The first-order valence-electron chi connectivity index (χ1n) is 11.6. The monoisotopic (exact) mass is 498 g/mol. The number of hydrogen-bond acceptors (Lipinski definition) is 2. The first kappa shape index (κ1) is 26.8. The van der Waals surface area contributed by atoms with Crippen LogP contribution >= 0.6 is 0 Å². The highest BCUT2D eigenvalue weighted by Crippen LogP contribution is 2.36. The smallest absolute Gasteiger partial charge is 0.416 e. The second-order valence-corrected chi connectivity index (χ2v) is 8.72. The van der Waals surface area contributed by atoms with Crippen LogP contribution in [0.3, 0.4) is 0 Å². The van der Waals surface area contributed by atoms with Crippen LogP contribution in [-0.4, -0.2) is 28.6 Å². The summed E-state index contributed by atoms with van der Waals surface area (Å²) in [5, 5.41) is 12.3. The number of hydrogen-bond donors (Lipinski definition) is 2. The van der Waals surface area contributed by atoms with Crippen molar-refractivity contribution in [2.24, 2.45) is 0 Å². The number of carbonyl (C=O) groups excluding carboxylic acids is 1. The summed E-state index contributed by atoms with van der Waals surface area (Å²) in [5.41, 5.74) is 2.42. The van der Waals surface area contributed by atoms with E-state index in [4.69, 9.17) is 0 Å². The fraction of sp³-hybridized carbons (Fsp3) is 0.286. The van der Waals surface area contributed by atoms with Crippen LogP contribution in [0, 0.1) is 6.92 Å². The Kier molecular flexibility index (Phi) is 8.40. The second kappa shape index (κ2) is 11.3. The summed E-state index contributed by atoms with van der Waals surface area (Å²) >= 11 is 0. The predicted octanol–water partition coefficient (Wildman–Crippen LogP) is 6.60. The van der Waals surface area contributed by atoms with Gasteiger partial charge in [0.1, 0.15) is 0 Å². The molecule has 36 heavy (non-hydrogen) atoms. The molecule has 2 amide bonds. The van der Waals surface area contributed by atoms with Crippen LogP contribution in [0.4, 0.5) is 18.0 Å². The van der Waals surface area contributed by atoms with E-state index in [9.17, 15) is 27.9 Å². The van der Waals surface area contributed by atoms with Crippen molar-refractivity contribution >= 4 is 12.0 Å². The maximum Gasteiger partial charge on any atom is 0.416 e. The first-order valence-corrected chi connectivity index (χ1v) is 11.6. The first-order chi connectivity index (χ1) is 17.0. The Hall–Kier alpha value is -3.81. The lowest BCUT2D eigenvalue weighted by molar-refractivity contribution is -0.139. The molecule has 1 atom stereocenters. The summed E-state index contributed by atoms with van der Waals surface area (Å²) in [6.07, 6.45) is -4.64. The van der Waals surface area contributed by atoms with Crippen molar-refractivity contribution in [1.82, 2.24) is 10.2 Å². The third kappa shape index (κ3) is 6.65. The van der Waals surface area contributed by atoms with E-state index in [0.717, 1.165) is 23.3 Å². The molecule has 0 heterocycles. The molecule has 0 saturated carbocycles. The maximum absolute atomic E-state index is 13.7. The van der Waals surface area contributed by atoms with Crippen LogP contribution in [-0.2, 0) is 24.1 Å². The number of rotatable bonds is 8. The predicted molar refractivity (Wildman–Crippen MR) is 132 cm³/mol. The summed E-state index contributed by atoms with van der Waals surface area (Å²) < 4.78 is 41.0. The largest absolute Gasteiger partial charge is 0.481 e. The molecule has 3 aromatic carbocycles. The van der Waals surface area contributed by atoms with Crippen molar-refractivity contribution in [3.8, 4) is 11.1 Å². The van der Waals surface area contributed by atoms with Gasteiger partial charge in [0, 0.05) is 19.6 Å². The number of benzene rings is 3. The number of amides is 2. The zero-order chi connectivity index (χ0) is 26.5. The molecule has 0 bridgehead atoms. The number of aryl methyl sites for hydroxylation is 1. The molecule has 3 rings (SSSR count). The van der Waals surface area contributed by atoms with Gasteiger partial charge in [-0.1, -0.05) is 60.2 Å². The summed E-state index contributed by atoms with van der Waals surface area (Å²) in [4.78, 5) is 26.0. The molecular formula is C28H29F3N2O3. The van der Waals surface area contributed by atoms with E-state index in [2.05, 4.69) is 5.32 Å². The van der Waals surface area contributed by atoms with Gasteiger partial charge in [0.2, 0.25) is 0 Å². The zero-order valence-electron chi connectivity index (χ0n) is 20.4. The van der Waals surface area contributed by atoms with E-state index in [-0.39, 0.29) is 23.7 Å². The molecule has 0 aliphatic rings. The number of alkyl halides is 3. The Bertz CT molecular complexity index is 1230. The average molecular weight is 499 g/mol. The minimum atomic E-state index is -4.64.